The van der Waals surface area contributed by atoms with Crippen molar-refractivity contribution in [2.75, 3.05) is 6.61 Å². The molecule has 0 heterocycles. The lowest BCUT2D eigenvalue weighted by Gasteiger charge is -2.08. The molecule has 0 atom stereocenters. The van der Waals surface area contributed by atoms with Gasteiger partial charge in [-0.2, -0.15) is 0 Å². The zero-order valence-corrected chi connectivity index (χ0v) is 13.2. The van der Waals surface area contributed by atoms with E-state index in [-0.39, 0.29) is 9.92 Å². The summed E-state index contributed by atoms with van der Waals surface area (Å²) >= 11 is 5.95. The lowest BCUT2D eigenvalue weighted by molar-refractivity contribution is 0.304. The van der Waals surface area contributed by atoms with Crippen LogP contribution in [0.3, 0.4) is 0 Å². The third kappa shape index (κ3) is 6.02. The molecule has 0 aliphatic carbocycles. The van der Waals surface area contributed by atoms with Crippen LogP contribution in [0.2, 0.25) is 5.02 Å². The van der Waals surface area contributed by atoms with E-state index in [0.717, 1.165) is 12.8 Å². The molecule has 0 N–H and O–H groups in total. The average molecular weight is 325 g/mol. The topological polar surface area (TPSA) is 43.4 Å². The van der Waals surface area contributed by atoms with Crippen LogP contribution in [0.4, 0.5) is 0 Å². The summed E-state index contributed by atoms with van der Waals surface area (Å²) in [6.45, 7) is 2.75. The van der Waals surface area contributed by atoms with Gasteiger partial charge in [-0.3, -0.25) is 0 Å². The maximum absolute atomic E-state index is 11.1. The van der Waals surface area contributed by atoms with Crippen molar-refractivity contribution in [2.24, 2.45) is 0 Å². The minimum absolute atomic E-state index is 0.0190. The predicted octanol–water partition coefficient (Wildman–Crippen LogP) is 4.62. The van der Waals surface area contributed by atoms with Gasteiger partial charge in [-0.1, -0.05) is 44.2 Å². The van der Waals surface area contributed by atoms with Crippen molar-refractivity contribution < 1.29 is 13.2 Å². The number of rotatable bonds is 8. The predicted molar refractivity (Wildman–Crippen MR) is 78.7 cm³/mol. The van der Waals surface area contributed by atoms with Crippen molar-refractivity contribution in [1.29, 1.82) is 0 Å². The van der Waals surface area contributed by atoms with E-state index >= 15 is 0 Å². The molecule has 0 saturated carbocycles. The number of ether oxygens (including phenoxy) is 1. The van der Waals surface area contributed by atoms with E-state index in [1.165, 1.54) is 37.5 Å². The fourth-order valence-corrected chi connectivity index (χ4v) is 2.71. The first kappa shape index (κ1) is 16.6. The normalized spacial score (nSPS) is 11.5. The minimum atomic E-state index is -3.75. The summed E-state index contributed by atoms with van der Waals surface area (Å²) in [5, 5.41) is 0.260. The van der Waals surface area contributed by atoms with Crippen molar-refractivity contribution in [3.8, 4) is 5.75 Å². The molecule has 1 aromatic carbocycles. The first-order chi connectivity index (χ1) is 8.95. The number of hydrogen-bond donors (Lipinski definition) is 0. The van der Waals surface area contributed by atoms with Gasteiger partial charge in [0.1, 0.15) is 5.75 Å². The number of unbranched alkanes of at least 4 members (excludes halogenated alkanes) is 4. The molecule has 108 valence electrons. The van der Waals surface area contributed by atoms with Gasteiger partial charge in [-0.25, -0.2) is 8.42 Å². The van der Waals surface area contributed by atoms with E-state index in [9.17, 15) is 8.42 Å². The van der Waals surface area contributed by atoms with Gasteiger partial charge in [0.2, 0.25) is 0 Å². The molecule has 0 spiro atoms. The zero-order chi connectivity index (χ0) is 14.3. The van der Waals surface area contributed by atoms with Crippen LogP contribution in [0.25, 0.3) is 0 Å². The van der Waals surface area contributed by atoms with Crippen LogP contribution in [0.15, 0.2) is 23.1 Å². The molecule has 1 rings (SSSR count). The molecule has 0 bridgehead atoms. The van der Waals surface area contributed by atoms with Gasteiger partial charge in [0.15, 0.2) is 0 Å². The quantitative estimate of drug-likeness (QED) is 0.517. The Hall–Kier alpha value is -0.450. The molecule has 0 aliphatic heterocycles. The molecule has 0 radical (unpaired) electrons. The summed E-state index contributed by atoms with van der Waals surface area (Å²) in [4.78, 5) is -0.0190. The monoisotopic (exact) mass is 324 g/mol. The largest absolute Gasteiger partial charge is 0.492 e. The lowest BCUT2D eigenvalue weighted by Crippen LogP contribution is -1.99. The van der Waals surface area contributed by atoms with Gasteiger partial charge in [-0.05, 0) is 24.6 Å². The van der Waals surface area contributed by atoms with Crippen molar-refractivity contribution >= 4 is 31.3 Å². The number of benzene rings is 1. The Balaban J connectivity index is 2.47. The molecule has 3 nitrogen and oxygen atoms in total. The highest BCUT2D eigenvalue weighted by molar-refractivity contribution is 8.13. The van der Waals surface area contributed by atoms with Crippen LogP contribution < -0.4 is 4.74 Å². The van der Waals surface area contributed by atoms with Crippen LogP contribution in [0, 0.1) is 0 Å². The Morgan fingerprint density at radius 2 is 1.84 bits per heavy atom. The van der Waals surface area contributed by atoms with E-state index in [1.807, 2.05) is 0 Å². The van der Waals surface area contributed by atoms with Gasteiger partial charge < -0.3 is 4.74 Å². The summed E-state index contributed by atoms with van der Waals surface area (Å²) in [5.74, 6) is 0.487. The summed E-state index contributed by atoms with van der Waals surface area (Å²) in [5.41, 5.74) is 0. The molecule has 0 aromatic heterocycles. The zero-order valence-electron chi connectivity index (χ0n) is 10.9. The van der Waals surface area contributed by atoms with E-state index in [4.69, 9.17) is 27.0 Å². The third-order valence-electron chi connectivity index (χ3n) is 2.69. The molecule has 6 heteroatoms. The van der Waals surface area contributed by atoms with Crippen LogP contribution in [0.1, 0.15) is 39.0 Å². The molecule has 0 saturated heterocycles. The summed E-state index contributed by atoms with van der Waals surface area (Å²) in [6, 6.07) is 4.22. The van der Waals surface area contributed by atoms with Crippen molar-refractivity contribution in [3.63, 3.8) is 0 Å². The molecular weight excluding hydrogens is 307 g/mol. The Kier molecular flexibility index (Phi) is 6.97. The summed E-state index contributed by atoms with van der Waals surface area (Å²) in [6.07, 6.45) is 5.74. The van der Waals surface area contributed by atoms with Crippen LogP contribution in [-0.2, 0) is 9.05 Å². The second-order valence-electron chi connectivity index (χ2n) is 4.29. The van der Waals surface area contributed by atoms with Crippen molar-refractivity contribution in [1.82, 2.24) is 0 Å². The number of halogens is 2. The average Bonchev–Trinajstić information content (AvgIpc) is 2.34. The SMILES string of the molecule is CCCCCCCOc1ccc(S(=O)(=O)Cl)cc1Cl. The smallest absolute Gasteiger partial charge is 0.261 e. The summed E-state index contributed by atoms with van der Waals surface area (Å²) < 4.78 is 27.8. The van der Waals surface area contributed by atoms with E-state index in [0.29, 0.717) is 12.4 Å². The van der Waals surface area contributed by atoms with Crippen LogP contribution >= 0.6 is 22.3 Å². The molecular formula is C13H18Cl2O3S. The van der Waals surface area contributed by atoms with Crippen LogP contribution in [-0.4, -0.2) is 15.0 Å². The number of hydrogen-bond acceptors (Lipinski definition) is 3. The molecule has 0 fully saturated rings. The van der Waals surface area contributed by atoms with E-state index in [2.05, 4.69) is 6.92 Å². The lowest BCUT2D eigenvalue weighted by atomic mass is 10.2. The third-order valence-corrected chi connectivity index (χ3v) is 4.34. The maximum Gasteiger partial charge on any atom is 0.261 e. The Morgan fingerprint density at radius 3 is 2.42 bits per heavy atom. The maximum atomic E-state index is 11.1. The molecule has 0 amide bonds. The Morgan fingerprint density at radius 1 is 1.16 bits per heavy atom. The minimum Gasteiger partial charge on any atom is -0.492 e. The highest BCUT2D eigenvalue weighted by atomic mass is 35.7. The second kappa shape index (κ2) is 7.98. The highest BCUT2D eigenvalue weighted by Gasteiger charge is 2.12. The van der Waals surface area contributed by atoms with Gasteiger partial charge in [0, 0.05) is 10.7 Å². The van der Waals surface area contributed by atoms with Gasteiger partial charge in [-0.15, -0.1) is 0 Å². The van der Waals surface area contributed by atoms with Gasteiger partial charge in [0.25, 0.3) is 9.05 Å². The Bertz CT molecular complexity index is 501. The van der Waals surface area contributed by atoms with E-state index in [1.54, 1.807) is 0 Å². The molecule has 19 heavy (non-hydrogen) atoms. The van der Waals surface area contributed by atoms with Crippen molar-refractivity contribution in [2.45, 2.75) is 43.9 Å². The molecule has 0 aliphatic rings. The first-order valence-corrected chi connectivity index (χ1v) is 9.01. The second-order valence-corrected chi connectivity index (χ2v) is 7.27. The highest BCUT2D eigenvalue weighted by Crippen LogP contribution is 2.28. The molecule has 1 aromatic rings. The van der Waals surface area contributed by atoms with Gasteiger partial charge >= 0.3 is 0 Å². The summed E-state index contributed by atoms with van der Waals surface area (Å²) in [7, 11) is 1.49. The van der Waals surface area contributed by atoms with E-state index < -0.39 is 9.05 Å². The van der Waals surface area contributed by atoms with Gasteiger partial charge in [0.05, 0.1) is 16.5 Å². The first-order valence-electron chi connectivity index (χ1n) is 6.32. The Labute approximate surface area is 124 Å². The fourth-order valence-electron chi connectivity index (χ4n) is 1.64. The fraction of sp³-hybridized carbons (Fsp3) is 0.538. The molecule has 0 unspecified atom stereocenters. The van der Waals surface area contributed by atoms with Crippen molar-refractivity contribution in [3.05, 3.63) is 23.2 Å². The standard InChI is InChI=1S/C13H18Cl2O3S/c1-2-3-4-5-6-9-18-13-8-7-11(10-12(13)14)19(15,16)17/h7-8,10H,2-6,9H2,1H3. The van der Waals surface area contributed by atoms with Crippen LogP contribution in [0.5, 0.6) is 5.75 Å².